The smallest absolute Gasteiger partial charge is 0.0985 e. The number of fused-ring (bicyclic) bond motifs is 2. The van der Waals surface area contributed by atoms with E-state index in [1.165, 1.54) is 19.3 Å². The molecule has 0 aromatic heterocycles. The molecule has 3 saturated carbocycles. The molecule has 8 rings (SSSR count). The van der Waals surface area contributed by atoms with Crippen molar-refractivity contribution in [1.29, 1.82) is 0 Å². The molecular formula is C19H30N4. The average molecular weight is 314 g/mol. The van der Waals surface area contributed by atoms with Crippen molar-refractivity contribution in [2.45, 2.75) is 89.6 Å². The summed E-state index contributed by atoms with van der Waals surface area (Å²) in [5, 5.41) is 11.3. The lowest BCUT2D eigenvalue weighted by Crippen LogP contribution is -2.80. The van der Waals surface area contributed by atoms with Crippen LogP contribution in [0.1, 0.15) is 60.8 Å². The maximum absolute atomic E-state index is 2.85. The van der Waals surface area contributed by atoms with Crippen LogP contribution in [-0.4, -0.2) is 49.1 Å². The van der Waals surface area contributed by atoms with Crippen LogP contribution in [0.3, 0.4) is 0 Å². The molecule has 0 aromatic rings. The quantitative estimate of drug-likeness (QED) is 0.681. The molecule has 0 amide bonds. The van der Waals surface area contributed by atoms with Crippen molar-refractivity contribution in [3.05, 3.63) is 0 Å². The summed E-state index contributed by atoms with van der Waals surface area (Å²) in [5.74, 6) is 3.69. The Morgan fingerprint density at radius 2 is 1.39 bits per heavy atom. The fourth-order valence-corrected chi connectivity index (χ4v) is 9.69. The van der Waals surface area contributed by atoms with E-state index in [1.54, 1.807) is 0 Å². The second-order valence-electron chi connectivity index (χ2n) is 11.0. The minimum Gasteiger partial charge on any atom is -0.202 e. The number of hydrogen-bond acceptors (Lipinski definition) is 4. The Kier molecular flexibility index (Phi) is 1.67. The van der Waals surface area contributed by atoms with E-state index in [0.29, 0.717) is 16.5 Å². The van der Waals surface area contributed by atoms with Crippen LogP contribution in [0.2, 0.25) is 0 Å². The number of rotatable bonds is 0. The molecule has 5 heterocycles. The van der Waals surface area contributed by atoms with E-state index in [-0.39, 0.29) is 5.66 Å². The largest absolute Gasteiger partial charge is 0.202 e. The lowest BCUT2D eigenvalue weighted by Gasteiger charge is -2.68. The van der Waals surface area contributed by atoms with Crippen molar-refractivity contribution in [2.75, 3.05) is 0 Å². The Balaban J connectivity index is 1.62. The summed E-state index contributed by atoms with van der Waals surface area (Å²) in [6.45, 7) is 15.4. The zero-order valence-electron chi connectivity index (χ0n) is 15.4. The Bertz CT molecular complexity index is 672. The molecule has 8 aliphatic rings. The first-order valence-electron chi connectivity index (χ1n) is 9.90. The topological polar surface area (TPSA) is 13.0 Å². The van der Waals surface area contributed by atoms with Crippen LogP contribution in [-0.2, 0) is 0 Å². The van der Waals surface area contributed by atoms with Gasteiger partial charge < -0.3 is 0 Å². The van der Waals surface area contributed by atoms with E-state index in [2.05, 4.69) is 61.8 Å². The zero-order valence-corrected chi connectivity index (χ0v) is 15.4. The number of hydrazine groups is 3. The molecule has 3 aliphatic carbocycles. The molecule has 126 valence electrons. The molecule has 0 spiro atoms. The van der Waals surface area contributed by atoms with Gasteiger partial charge in [0.05, 0.1) is 17.2 Å². The van der Waals surface area contributed by atoms with Crippen LogP contribution in [0, 0.1) is 29.1 Å². The predicted molar refractivity (Wildman–Crippen MR) is 87.4 cm³/mol. The summed E-state index contributed by atoms with van der Waals surface area (Å²) in [6.07, 6.45) is 4.45. The highest BCUT2D eigenvalue weighted by atomic mass is 16.2. The highest BCUT2D eigenvalue weighted by Crippen LogP contribution is 2.84. The average Bonchev–Trinajstić information content (AvgIpc) is 3.13. The molecule has 4 heteroatoms. The standard InChI is InChI=1S/C19H30N4/c1-16(2)18(5)12-13-15-11-9-7-8-10(11)14(12)20-17(3,4)22(18)23(21(15)20)19(13,16)6/h10-15H,7-9H2,1-6H3/t10-,11+,12+,13-,14-,15+,18-,19+/m0/s1. The van der Waals surface area contributed by atoms with Crippen molar-refractivity contribution in [3.63, 3.8) is 0 Å². The van der Waals surface area contributed by atoms with Crippen LogP contribution in [0.25, 0.3) is 0 Å². The fourth-order valence-electron chi connectivity index (χ4n) is 9.69. The summed E-state index contributed by atoms with van der Waals surface area (Å²) in [6, 6.07) is 1.58. The predicted octanol–water partition coefficient (Wildman–Crippen LogP) is 2.69. The summed E-state index contributed by atoms with van der Waals surface area (Å²) < 4.78 is 0. The van der Waals surface area contributed by atoms with Gasteiger partial charge in [-0.15, -0.1) is 0 Å². The summed E-state index contributed by atoms with van der Waals surface area (Å²) in [7, 11) is 0. The monoisotopic (exact) mass is 314 g/mol. The van der Waals surface area contributed by atoms with Gasteiger partial charge in [0.1, 0.15) is 0 Å². The van der Waals surface area contributed by atoms with Gasteiger partial charge in [0.15, 0.2) is 0 Å². The summed E-state index contributed by atoms with van der Waals surface area (Å²) in [5.41, 5.74) is 1.12. The van der Waals surface area contributed by atoms with E-state index in [9.17, 15) is 0 Å². The maximum Gasteiger partial charge on any atom is 0.0985 e. The molecule has 8 fully saturated rings. The second kappa shape index (κ2) is 2.94. The third-order valence-electron chi connectivity index (χ3n) is 10.5. The Morgan fingerprint density at radius 1 is 0.783 bits per heavy atom. The molecule has 5 saturated heterocycles. The van der Waals surface area contributed by atoms with E-state index in [0.717, 1.165) is 35.8 Å². The van der Waals surface area contributed by atoms with Crippen molar-refractivity contribution in [3.8, 4) is 0 Å². The van der Waals surface area contributed by atoms with Crippen molar-refractivity contribution in [2.24, 2.45) is 29.1 Å². The molecule has 0 aromatic carbocycles. The summed E-state index contributed by atoms with van der Waals surface area (Å²) >= 11 is 0. The zero-order chi connectivity index (χ0) is 15.9. The molecule has 8 atom stereocenters. The molecule has 5 aliphatic heterocycles. The second-order valence-corrected chi connectivity index (χ2v) is 11.0. The van der Waals surface area contributed by atoms with Crippen LogP contribution < -0.4 is 0 Å². The maximum atomic E-state index is 2.85. The molecule has 23 heavy (non-hydrogen) atoms. The first kappa shape index (κ1) is 13.1. The van der Waals surface area contributed by atoms with Gasteiger partial charge in [-0.25, -0.2) is 5.01 Å². The third kappa shape index (κ3) is 0.797. The van der Waals surface area contributed by atoms with E-state index >= 15 is 0 Å². The van der Waals surface area contributed by atoms with Gasteiger partial charge in [0.25, 0.3) is 0 Å². The lowest BCUT2D eigenvalue weighted by molar-refractivity contribution is -0.281. The Labute approximate surface area is 139 Å². The van der Waals surface area contributed by atoms with Gasteiger partial charge in [-0.2, -0.15) is 15.2 Å². The van der Waals surface area contributed by atoms with E-state index in [1.807, 2.05) is 0 Å². The SMILES string of the molecule is CC1(C)N2[C@H]3[C@H]4CCC[C@H]4[C@@H]4[C@@H]5[C@H]3[C@]3(C)N1N(N42)[C@@]5(C)C3(C)C. The van der Waals surface area contributed by atoms with Crippen molar-refractivity contribution in [1.82, 2.24) is 20.3 Å². The number of nitrogens with zero attached hydrogens (tertiary/aromatic N) is 4. The highest BCUT2D eigenvalue weighted by molar-refractivity contribution is 5.41. The van der Waals surface area contributed by atoms with Gasteiger partial charge in [-0.05, 0) is 52.4 Å². The summed E-state index contributed by atoms with van der Waals surface area (Å²) in [4.78, 5) is 0. The molecule has 4 nitrogen and oxygen atoms in total. The van der Waals surface area contributed by atoms with E-state index in [4.69, 9.17) is 0 Å². The van der Waals surface area contributed by atoms with Gasteiger partial charge in [0, 0.05) is 28.8 Å². The fraction of sp³-hybridized carbons (Fsp3) is 1.00. The molecule has 0 N–H and O–H groups in total. The lowest BCUT2D eigenvalue weighted by atomic mass is 9.56. The van der Waals surface area contributed by atoms with Gasteiger partial charge in [-0.1, -0.05) is 20.3 Å². The minimum absolute atomic E-state index is 0.141. The molecule has 6 bridgehead atoms. The third-order valence-corrected chi connectivity index (χ3v) is 10.5. The molecule has 0 radical (unpaired) electrons. The Morgan fingerprint density at radius 3 is 2.09 bits per heavy atom. The minimum atomic E-state index is 0.141. The van der Waals surface area contributed by atoms with Crippen molar-refractivity contribution < 1.29 is 0 Å². The van der Waals surface area contributed by atoms with Gasteiger partial charge >= 0.3 is 0 Å². The van der Waals surface area contributed by atoms with E-state index < -0.39 is 0 Å². The van der Waals surface area contributed by atoms with Gasteiger partial charge in [-0.3, -0.25) is 0 Å². The van der Waals surface area contributed by atoms with Crippen molar-refractivity contribution >= 4 is 0 Å². The first-order valence-corrected chi connectivity index (χ1v) is 9.90. The normalized spacial score (nSPS) is 66.5. The highest BCUT2D eigenvalue weighted by Gasteiger charge is 2.95. The Hall–Kier alpha value is -0.160. The first-order chi connectivity index (χ1) is 10.7. The van der Waals surface area contributed by atoms with Crippen LogP contribution >= 0.6 is 0 Å². The number of hydrogen-bond donors (Lipinski definition) is 0. The van der Waals surface area contributed by atoms with Crippen LogP contribution in [0.4, 0.5) is 0 Å². The van der Waals surface area contributed by atoms with Crippen LogP contribution in [0.15, 0.2) is 0 Å². The van der Waals surface area contributed by atoms with Crippen LogP contribution in [0.5, 0.6) is 0 Å². The molecule has 0 unspecified atom stereocenters. The van der Waals surface area contributed by atoms with Gasteiger partial charge in [0.2, 0.25) is 0 Å². The molecular weight excluding hydrogens is 284 g/mol.